The number of carbonyl (C=O) groups is 3. The topological polar surface area (TPSA) is 91.0 Å². The van der Waals surface area contributed by atoms with Crippen molar-refractivity contribution in [3.8, 4) is 0 Å². The van der Waals surface area contributed by atoms with Crippen LogP contribution in [0.3, 0.4) is 0 Å². The minimum Gasteiger partial charge on any atom is -0.359 e. The number of benzene rings is 1. The molecule has 4 fully saturated rings. The average molecular weight is 597 g/mol. The molecule has 42 heavy (non-hydrogen) atoms. The van der Waals surface area contributed by atoms with Crippen LogP contribution in [0.25, 0.3) is 0 Å². The molecule has 1 aliphatic carbocycles. The SMILES string of the molecule is Cc1ccc(NC(=O)C2[C@@H]3C=CC4(O3)C(C(=O)NC3CCCC(C)C3C)N(CCN3CCCCCC3)C(=O)[C@H]24)cc1Cl. The highest BCUT2D eigenvalue weighted by Crippen LogP contribution is 2.55. The number of hydrogen-bond donors (Lipinski definition) is 2. The van der Waals surface area contributed by atoms with Crippen LogP contribution in [-0.2, 0) is 19.1 Å². The van der Waals surface area contributed by atoms with E-state index in [9.17, 15) is 14.4 Å². The van der Waals surface area contributed by atoms with Crippen LogP contribution in [0.2, 0.25) is 5.02 Å². The summed E-state index contributed by atoms with van der Waals surface area (Å²) in [4.78, 5) is 46.5. The molecule has 3 amide bonds. The maximum absolute atomic E-state index is 14.3. The average Bonchev–Trinajstić information content (AvgIpc) is 3.51. The monoisotopic (exact) mass is 596 g/mol. The highest BCUT2D eigenvalue weighted by Gasteiger charge is 2.72. The predicted molar refractivity (Wildman–Crippen MR) is 163 cm³/mol. The summed E-state index contributed by atoms with van der Waals surface area (Å²) < 4.78 is 6.55. The number of anilines is 1. The van der Waals surface area contributed by atoms with E-state index >= 15 is 0 Å². The van der Waals surface area contributed by atoms with Gasteiger partial charge in [0.15, 0.2) is 0 Å². The summed E-state index contributed by atoms with van der Waals surface area (Å²) in [5.41, 5.74) is 0.345. The lowest BCUT2D eigenvalue weighted by molar-refractivity contribution is -0.141. The molecule has 4 heterocycles. The molecular weight excluding hydrogens is 552 g/mol. The molecule has 5 aliphatic rings. The van der Waals surface area contributed by atoms with Crippen LogP contribution in [0.1, 0.15) is 64.4 Å². The summed E-state index contributed by atoms with van der Waals surface area (Å²) in [7, 11) is 0. The second kappa shape index (κ2) is 11.9. The summed E-state index contributed by atoms with van der Waals surface area (Å²) in [6.07, 6.45) is 11.2. The third-order valence-corrected chi connectivity index (χ3v) is 11.2. The molecule has 0 radical (unpaired) electrons. The first-order valence-corrected chi connectivity index (χ1v) is 16.3. The van der Waals surface area contributed by atoms with Gasteiger partial charge in [-0.05, 0) is 68.8 Å². The van der Waals surface area contributed by atoms with Gasteiger partial charge in [-0.1, -0.05) is 69.4 Å². The Balaban J connectivity index is 1.27. The Morgan fingerprint density at radius 3 is 2.55 bits per heavy atom. The van der Waals surface area contributed by atoms with Crippen molar-refractivity contribution >= 4 is 35.0 Å². The van der Waals surface area contributed by atoms with E-state index in [-0.39, 0.29) is 23.8 Å². The van der Waals surface area contributed by atoms with Crippen molar-refractivity contribution in [1.82, 2.24) is 15.1 Å². The Bertz CT molecular complexity index is 1250. The molecule has 8 atom stereocenters. The van der Waals surface area contributed by atoms with E-state index in [0.29, 0.717) is 35.6 Å². The molecule has 4 aliphatic heterocycles. The number of nitrogens with one attached hydrogen (secondary N) is 2. The number of ether oxygens (including phenoxy) is 1. The maximum atomic E-state index is 14.3. The number of hydrogen-bond acceptors (Lipinski definition) is 5. The van der Waals surface area contributed by atoms with Gasteiger partial charge >= 0.3 is 0 Å². The van der Waals surface area contributed by atoms with Crippen molar-refractivity contribution < 1.29 is 19.1 Å². The van der Waals surface area contributed by atoms with E-state index in [2.05, 4.69) is 29.4 Å². The summed E-state index contributed by atoms with van der Waals surface area (Å²) >= 11 is 6.32. The summed E-state index contributed by atoms with van der Waals surface area (Å²) in [6, 6.07) is 4.65. The van der Waals surface area contributed by atoms with E-state index < -0.39 is 29.6 Å². The van der Waals surface area contributed by atoms with Gasteiger partial charge in [0.1, 0.15) is 11.6 Å². The number of carbonyl (C=O) groups excluding carboxylic acids is 3. The third kappa shape index (κ3) is 5.28. The Kier molecular flexibility index (Phi) is 8.42. The molecule has 6 unspecified atom stereocenters. The molecule has 2 N–H and O–H groups in total. The second-order valence-corrected chi connectivity index (χ2v) is 13.7. The first kappa shape index (κ1) is 29.6. The van der Waals surface area contributed by atoms with E-state index in [1.165, 1.54) is 19.3 Å². The number of likely N-dealkylation sites (tertiary alicyclic amines) is 2. The van der Waals surface area contributed by atoms with Crippen molar-refractivity contribution in [3.05, 3.63) is 40.9 Å². The van der Waals surface area contributed by atoms with Gasteiger partial charge in [0, 0.05) is 29.8 Å². The van der Waals surface area contributed by atoms with Gasteiger partial charge < -0.3 is 25.2 Å². The van der Waals surface area contributed by atoms with Crippen molar-refractivity contribution in [2.75, 3.05) is 31.5 Å². The number of halogens is 1. The highest BCUT2D eigenvalue weighted by atomic mass is 35.5. The Labute approximate surface area is 254 Å². The summed E-state index contributed by atoms with van der Waals surface area (Å²) in [5.74, 6) is -1.21. The highest BCUT2D eigenvalue weighted by molar-refractivity contribution is 6.31. The van der Waals surface area contributed by atoms with Crippen molar-refractivity contribution in [3.63, 3.8) is 0 Å². The van der Waals surface area contributed by atoms with Gasteiger partial charge in [-0.15, -0.1) is 0 Å². The molecule has 2 bridgehead atoms. The summed E-state index contributed by atoms with van der Waals surface area (Å²) in [6.45, 7) is 9.53. The zero-order valence-electron chi connectivity index (χ0n) is 25.1. The fourth-order valence-corrected chi connectivity index (χ4v) is 8.24. The van der Waals surface area contributed by atoms with Crippen LogP contribution in [0.4, 0.5) is 5.69 Å². The largest absolute Gasteiger partial charge is 0.359 e. The molecule has 9 heteroatoms. The van der Waals surface area contributed by atoms with Crippen LogP contribution >= 0.6 is 11.6 Å². The van der Waals surface area contributed by atoms with E-state index in [1.807, 2.05) is 31.2 Å². The molecule has 3 saturated heterocycles. The van der Waals surface area contributed by atoms with Crippen molar-refractivity contribution in [1.29, 1.82) is 0 Å². The normalized spacial score (nSPS) is 36.1. The molecule has 1 aromatic rings. The zero-order chi connectivity index (χ0) is 29.6. The molecule has 1 saturated carbocycles. The number of nitrogens with zero attached hydrogens (tertiary/aromatic N) is 2. The minimum absolute atomic E-state index is 0.0622. The lowest BCUT2D eigenvalue weighted by Crippen LogP contribution is -2.58. The van der Waals surface area contributed by atoms with Gasteiger partial charge in [0.2, 0.25) is 17.7 Å². The van der Waals surface area contributed by atoms with E-state index in [4.69, 9.17) is 16.3 Å². The Morgan fingerprint density at radius 1 is 1.05 bits per heavy atom. The molecular formula is C33H45ClN4O4. The van der Waals surface area contributed by atoms with Crippen LogP contribution in [0, 0.1) is 30.6 Å². The first-order valence-electron chi connectivity index (χ1n) is 16.0. The van der Waals surface area contributed by atoms with Gasteiger partial charge in [-0.3, -0.25) is 14.4 Å². The molecule has 8 nitrogen and oxygen atoms in total. The number of aryl methyl sites for hydroxylation is 1. The minimum atomic E-state index is -1.15. The second-order valence-electron chi connectivity index (χ2n) is 13.3. The quantitative estimate of drug-likeness (QED) is 0.451. The fourth-order valence-electron chi connectivity index (χ4n) is 8.06. The summed E-state index contributed by atoms with van der Waals surface area (Å²) in [5, 5.41) is 6.89. The Hall–Kier alpha value is -2.42. The van der Waals surface area contributed by atoms with Crippen molar-refractivity contribution in [2.45, 2.75) is 89.5 Å². The van der Waals surface area contributed by atoms with Gasteiger partial charge in [0.25, 0.3) is 0 Å². The first-order chi connectivity index (χ1) is 20.2. The van der Waals surface area contributed by atoms with Crippen LogP contribution < -0.4 is 10.6 Å². The van der Waals surface area contributed by atoms with Crippen LogP contribution in [0.15, 0.2) is 30.4 Å². The predicted octanol–water partition coefficient (Wildman–Crippen LogP) is 4.55. The zero-order valence-corrected chi connectivity index (χ0v) is 25.9. The lowest BCUT2D eigenvalue weighted by atomic mass is 9.73. The smallest absolute Gasteiger partial charge is 0.246 e. The maximum Gasteiger partial charge on any atom is 0.246 e. The number of fused-ring (bicyclic) bond motifs is 1. The lowest BCUT2D eigenvalue weighted by Gasteiger charge is -2.38. The third-order valence-electron chi connectivity index (χ3n) is 10.8. The standard InChI is InChI=1S/C33H45ClN4O4/c1-20-9-8-10-25(22(20)3)36-31(40)29-33-14-13-26(42-33)27(30(39)35-23-12-11-21(2)24(34)19-23)28(33)32(41)38(29)18-17-37-15-6-4-5-7-16-37/h11-14,19-20,22,25-29H,4-10,15-18H2,1-3H3,(H,35,39)(H,36,40)/t20?,22?,25?,26-,27?,28-,29?,33?/m0/s1. The Morgan fingerprint density at radius 2 is 1.81 bits per heavy atom. The molecule has 0 aromatic heterocycles. The van der Waals surface area contributed by atoms with Crippen LogP contribution in [0.5, 0.6) is 0 Å². The molecule has 1 aromatic carbocycles. The molecule has 6 rings (SSSR count). The van der Waals surface area contributed by atoms with E-state index in [0.717, 1.165) is 44.3 Å². The van der Waals surface area contributed by atoms with Crippen molar-refractivity contribution in [2.24, 2.45) is 23.7 Å². The van der Waals surface area contributed by atoms with Crippen LogP contribution in [-0.4, -0.2) is 77.5 Å². The van der Waals surface area contributed by atoms with E-state index in [1.54, 1.807) is 11.0 Å². The fraction of sp³-hybridized carbons (Fsp3) is 0.667. The molecule has 1 spiro atoms. The van der Waals surface area contributed by atoms with Gasteiger partial charge in [-0.25, -0.2) is 0 Å². The molecule has 228 valence electrons. The number of rotatable bonds is 7. The van der Waals surface area contributed by atoms with Gasteiger partial charge in [-0.2, -0.15) is 0 Å². The van der Waals surface area contributed by atoms with Gasteiger partial charge in [0.05, 0.1) is 17.9 Å². The number of amides is 3.